The Morgan fingerprint density at radius 1 is 1.22 bits per heavy atom. The second kappa shape index (κ2) is 6.87. The number of hydrogen-bond acceptors (Lipinski definition) is 4. The van der Waals surface area contributed by atoms with Crippen LogP contribution in [0.4, 0.5) is 20.2 Å². The molecule has 0 spiro atoms. The lowest BCUT2D eigenvalue weighted by Gasteiger charge is -2.09. The zero-order chi connectivity index (χ0) is 17.0. The molecule has 0 saturated carbocycles. The Labute approximate surface area is 131 Å². The normalized spacial score (nSPS) is 10.2. The molecule has 120 valence electrons. The molecule has 0 unspecified atom stereocenters. The van der Waals surface area contributed by atoms with E-state index in [1.807, 2.05) is 0 Å². The molecular formula is C16H14F2N2O3. The number of rotatable bonds is 4. The fraction of sp³-hybridized carbons (Fsp3) is 0.125. The van der Waals surface area contributed by atoms with E-state index in [1.54, 1.807) is 19.1 Å². The van der Waals surface area contributed by atoms with Gasteiger partial charge in [0.15, 0.2) is 6.61 Å². The van der Waals surface area contributed by atoms with E-state index in [2.05, 4.69) is 5.32 Å². The van der Waals surface area contributed by atoms with Crippen LogP contribution in [0.3, 0.4) is 0 Å². The predicted molar refractivity (Wildman–Crippen MR) is 80.9 cm³/mol. The first kappa shape index (κ1) is 16.4. The van der Waals surface area contributed by atoms with Gasteiger partial charge in [-0.05, 0) is 30.7 Å². The van der Waals surface area contributed by atoms with Gasteiger partial charge in [-0.15, -0.1) is 0 Å². The molecule has 23 heavy (non-hydrogen) atoms. The van der Waals surface area contributed by atoms with Crippen LogP contribution in [0, 0.1) is 18.6 Å². The van der Waals surface area contributed by atoms with Gasteiger partial charge in [0, 0.05) is 11.8 Å². The van der Waals surface area contributed by atoms with Gasteiger partial charge in [0.2, 0.25) is 0 Å². The van der Waals surface area contributed by atoms with Gasteiger partial charge in [-0.2, -0.15) is 0 Å². The number of amides is 1. The van der Waals surface area contributed by atoms with E-state index in [9.17, 15) is 18.4 Å². The van der Waals surface area contributed by atoms with Gasteiger partial charge in [-0.1, -0.05) is 12.1 Å². The van der Waals surface area contributed by atoms with Crippen LogP contribution in [0.25, 0.3) is 0 Å². The molecule has 0 aliphatic rings. The zero-order valence-electron chi connectivity index (χ0n) is 12.2. The molecule has 0 atom stereocenters. The minimum atomic E-state index is -0.797. The first-order valence-corrected chi connectivity index (χ1v) is 6.65. The molecule has 0 radical (unpaired) electrons. The Morgan fingerprint density at radius 3 is 2.70 bits per heavy atom. The fourth-order valence-electron chi connectivity index (χ4n) is 1.85. The molecule has 7 heteroatoms. The fourth-order valence-corrected chi connectivity index (χ4v) is 1.85. The average molecular weight is 320 g/mol. The number of hydrogen-bond donors (Lipinski definition) is 2. The molecule has 5 nitrogen and oxygen atoms in total. The minimum absolute atomic E-state index is 0.134. The van der Waals surface area contributed by atoms with E-state index in [4.69, 9.17) is 10.5 Å². The number of benzene rings is 2. The number of nitrogens with two attached hydrogens (primary N) is 1. The Balaban J connectivity index is 1.98. The highest BCUT2D eigenvalue weighted by Gasteiger charge is 2.15. The maximum atomic E-state index is 13.4. The molecule has 0 saturated heterocycles. The lowest BCUT2D eigenvalue weighted by Crippen LogP contribution is -2.22. The quantitative estimate of drug-likeness (QED) is 0.670. The van der Waals surface area contributed by atoms with Crippen LogP contribution < -0.4 is 11.1 Å². The molecule has 2 aromatic carbocycles. The van der Waals surface area contributed by atoms with Gasteiger partial charge in [0.1, 0.15) is 11.6 Å². The van der Waals surface area contributed by atoms with Crippen LogP contribution in [0.15, 0.2) is 36.4 Å². The molecule has 0 bridgehead atoms. The summed E-state index contributed by atoms with van der Waals surface area (Å²) in [5.41, 5.74) is 6.52. The smallest absolute Gasteiger partial charge is 0.340 e. The van der Waals surface area contributed by atoms with Crippen molar-refractivity contribution in [1.29, 1.82) is 0 Å². The van der Waals surface area contributed by atoms with Crippen molar-refractivity contribution in [2.24, 2.45) is 0 Å². The molecule has 0 fully saturated rings. The van der Waals surface area contributed by atoms with Crippen molar-refractivity contribution in [2.75, 3.05) is 17.7 Å². The number of nitrogens with one attached hydrogen (secondary N) is 1. The van der Waals surface area contributed by atoms with E-state index >= 15 is 0 Å². The Kier molecular flexibility index (Phi) is 4.90. The Bertz CT molecular complexity index is 763. The van der Waals surface area contributed by atoms with Crippen LogP contribution in [0.2, 0.25) is 0 Å². The largest absolute Gasteiger partial charge is 0.452 e. The number of para-hydroxylation sites is 1. The van der Waals surface area contributed by atoms with Gasteiger partial charge in [0.25, 0.3) is 5.91 Å². The van der Waals surface area contributed by atoms with Crippen LogP contribution in [-0.4, -0.2) is 18.5 Å². The third-order valence-electron chi connectivity index (χ3n) is 3.08. The highest BCUT2D eigenvalue weighted by atomic mass is 19.1. The predicted octanol–water partition coefficient (Wildman–Crippen LogP) is 2.65. The van der Waals surface area contributed by atoms with Gasteiger partial charge < -0.3 is 15.8 Å². The first-order valence-electron chi connectivity index (χ1n) is 6.65. The molecule has 0 aliphatic heterocycles. The number of esters is 1. The minimum Gasteiger partial charge on any atom is -0.452 e. The highest BCUT2D eigenvalue weighted by molar-refractivity contribution is 5.98. The van der Waals surface area contributed by atoms with E-state index in [0.717, 1.165) is 18.2 Å². The number of aryl methyl sites for hydroxylation is 1. The highest BCUT2D eigenvalue weighted by Crippen LogP contribution is 2.18. The zero-order valence-corrected chi connectivity index (χ0v) is 12.2. The van der Waals surface area contributed by atoms with Crippen LogP contribution in [0.5, 0.6) is 0 Å². The lowest BCUT2D eigenvalue weighted by molar-refractivity contribution is -0.119. The van der Waals surface area contributed by atoms with Crippen molar-refractivity contribution in [3.05, 3.63) is 59.2 Å². The molecule has 0 aromatic heterocycles. The summed E-state index contributed by atoms with van der Waals surface area (Å²) >= 11 is 0. The molecule has 2 aromatic rings. The van der Waals surface area contributed by atoms with E-state index in [0.29, 0.717) is 5.56 Å². The maximum Gasteiger partial charge on any atom is 0.340 e. The number of carbonyl (C=O) groups is 2. The third-order valence-corrected chi connectivity index (χ3v) is 3.08. The molecule has 0 heterocycles. The monoisotopic (exact) mass is 320 g/mol. The summed E-state index contributed by atoms with van der Waals surface area (Å²) in [4.78, 5) is 23.5. The Morgan fingerprint density at radius 2 is 1.96 bits per heavy atom. The molecule has 2 rings (SSSR count). The van der Waals surface area contributed by atoms with Crippen LogP contribution in [-0.2, 0) is 9.53 Å². The van der Waals surface area contributed by atoms with Gasteiger partial charge in [-0.25, -0.2) is 13.6 Å². The van der Waals surface area contributed by atoms with Crippen LogP contribution >= 0.6 is 0 Å². The molecule has 1 amide bonds. The third kappa shape index (κ3) is 4.03. The summed E-state index contributed by atoms with van der Waals surface area (Å²) in [6.07, 6.45) is 0. The number of nitrogen functional groups attached to an aromatic ring is 1. The van der Waals surface area contributed by atoms with Gasteiger partial charge in [0.05, 0.1) is 11.3 Å². The van der Waals surface area contributed by atoms with Crippen molar-refractivity contribution in [2.45, 2.75) is 6.92 Å². The summed E-state index contributed by atoms with van der Waals surface area (Å²) in [6, 6.07) is 7.45. The second-order valence-corrected chi connectivity index (χ2v) is 4.78. The number of anilines is 2. The molecule has 0 aliphatic carbocycles. The SMILES string of the molecule is Cc1cccc(C(=O)OCC(=O)Nc2cc(F)ccc2F)c1N. The topological polar surface area (TPSA) is 81.4 Å². The molecular weight excluding hydrogens is 306 g/mol. The number of carbonyl (C=O) groups excluding carboxylic acids is 2. The standard InChI is InChI=1S/C16H14F2N2O3/c1-9-3-2-4-11(15(9)19)16(22)23-8-14(21)20-13-7-10(17)5-6-12(13)18/h2-7H,8,19H2,1H3,(H,20,21). The second-order valence-electron chi connectivity index (χ2n) is 4.78. The summed E-state index contributed by atoms with van der Waals surface area (Å²) in [5.74, 6) is -3.07. The average Bonchev–Trinajstić information content (AvgIpc) is 2.51. The summed E-state index contributed by atoms with van der Waals surface area (Å²) in [5, 5.41) is 2.12. The van der Waals surface area contributed by atoms with Crippen molar-refractivity contribution < 1.29 is 23.1 Å². The number of halogens is 2. The summed E-state index contributed by atoms with van der Waals surface area (Å²) in [6.45, 7) is 1.08. The van der Waals surface area contributed by atoms with Crippen molar-refractivity contribution in [3.63, 3.8) is 0 Å². The van der Waals surface area contributed by atoms with E-state index < -0.39 is 30.1 Å². The van der Waals surface area contributed by atoms with Crippen molar-refractivity contribution in [3.8, 4) is 0 Å². The summed E-state index contributed by atoms with van der Waals surface area (Å²) < 4.78 is 31.2. The van der Waals surface area contributed by atoms with Gasteiger partial charge in [-0.3, -0.25) is 4.79 Å². The van der Waals surface area contributed by atoms with Crippen LogP contribution in [0.1, 0.15) is 15.9 Å². The summed E-state index contributed by atoms with van der Waals surface area (Å²) in [7, 11) is 0. The number of ether oxygens (including phenoxy) is 1. The van der Waals surface area contributed by atoms with Crippen molar-refractivity contribution >= 4 is 23.3 Å². The van der Waals surface area contributed by atoms with Crippen molar-refractivity contribution in [1.82, 2.24) is 0 Å². The Hall–Kier alpha value is -2.96. The lowest BCUT2D eigenvalue weighted by atomic mass is 10.1. The van der Waals surface area contributed by atoms with E-state index in [1.165, 1.54) is 6.07 Å². The maximum absolute atomic E-state index is 13.4. The first-order chi connectivity index (χ1) is 10.9. The van der Waals surface area contributed by atoms with Gasteiger partial charge >= 0.3 is 5.97 Å². The molecule has 3 N–H and O–H groups in total. The van der Waals surface area contributed by atoms with E-state index in [-0.39, 0.29) is 16.9 Å².